The van der Waals surface area contributed by atoms with Crippen LogP contribution in [0.4, 0.5) is 4.79 Å². The third-order valence-electron chi connectivity index (χ3n) is 17.2. The van der Waals surface area contributed by atoms with E-state index in [1.807, 2.05) is 78.8 Å². The Bertz CT molecular complexity index is 2030. The van der Waals surface area contributed by atoms with Gasteiger partial charge >= 0.3 is 6.03 Å². The number of likely N-dealkylation sites (N-methyl/N-ethyl adjacent to an activating group) is 1. The van der Waals surface area contributed by atoms with Gasteiger partial charge in [-0.2, -0.15) is 0 Å². The van der Waals surface area contributed by atoms with Crippen LogP contribution < -0.4 is 0 Å². The van der Waals surface area contributed by atoms with Gasteiger partial charge in [0.1, 0.15) is 6.61 Å². The van der Waals surface area contributed by atoms with Crippen molar-refractivity contribution in [3.63, 3.8) is 0 Å². The predicted octanol–water partition coefficient (Wildman–Crippen LogP) is 12.2. The summed E-state index contributed by atoms with van der Waals surface area (Å²) in [5, 5.41) is 0. The molecule has 9 aliphatic rings. The molecule has 9 heterocycles. The van der Waals surface area contributed by atoms with Gasteiger partial charge in [-0.05, 0) is 195 Å². The number of carbonyl (C=O) groups excluding carboxylic acids is 9. The zero-order valence-corrected chi connectivity index (χ0v) is 60.6. The van der Waals surface area contributed by atoms with Crippen LogP contribution in [0.2, 0.25) is 0 Å². The van der Waals surface area contributed by atoms with E-state index < -0.39 is 0 Å². The molecule has 10 amide bonds. The van der Waals surface area contributed by atoms with Gasteiger partial charge in [0, 0.05) is 171 Å². The summed E-state index contributed by atoms with van der Waals surface area (Å²) in [6, 6.07) is 3.54. The van der Waals surface area contributed by atoms with Crippen LogP contribution in [0, 0.1) is 5.41 Å². The fourth-order valence-corrected chi connectivity index (χ4v) is 12.2. The van der Waals surface area contributed by atoms with Crippen LogP contribution in [-0.4, -0.2) is 241 Å². The molecule has 0 unspecified atom stereocenters. The van der Waals surface area contributed by atoms with Gasteiger partial charge in [0.2, 0.25) is 47.3 Å². The van der Waals surface area contributed by atoms with Crippen molar-refractivity contribution in [3.8, 4) is 0 Å². The molecule has 0 bridgehead atoms. The molecule has 0 spiro atoms. The molecule has 9 saturated heterocycles. The summed E-state index contributed by atoms with van der Waals surface area (Å²) in [7, 11) is 1.84. The SMILES string of the molecule is C.C.C.CC(C)N1C(=O)CCC1(C)C.CC(C)N1CC(C)(C)CC1=O.CC(C)N1CCCC1=O.CC(C)N1CCCC1=O.CC(C)N1CCCC1=O.CC(C)N1CCCCC1=O.CC(C)N1CCCCC1=O.CC(C)N1CCN(C)C1=O.CC(C)N1CCOCC1=O. The maximum absolute atomic E-state index is 11.4. The monoisotopic (exact) mass is 1310 g/mol. The number of piperidine rings is 2. The number of nitrogens with zero attached hydrogens (tertiary/aromatic N) is 10. The summed E-state index contributed by atoms with van der Waals surface area (Å²) < 4.78 is 4.97. The van der Waals surface area contributed by atoms with Crippen LogP contribution in [0.1, 0.15) is 271 Å². The number of urea groups is 1. The Labute approximate surface area is 563 Å². The van der Waals surface area contributed by atoms with E-state index in [1.165, 1.54) is 12.8 Å². The van der Waals surface area contributed by atoms with Gasteiger partial charge in [0.15, 0.2) is 0 Å². The Morgan fingerprint density at radius 2 is 0.641 bits per heavy atom. The van der Waals surface area contributed by atoms with Crippen LogP contribution in [0.25, 0.3) is 0 Å². The summed E-state index contributed by atoms with van der Waals surface area (Å²) in [5.74, 6) is 2.37. The maximum atomic E-state index is 11.4. The molecule has 0 atom stereocenters. The van der Waals surface area contributed by atoms with Crippen LogP contribution in [0.5, 0.6) is 0 Å². The molecular weight excluding hydrogens is 1160 g/mol. The number of morpholine rings is 1. The molecule has 9 rings (SSSR count). The van der Waals surface area contributed by atoms with Crippen molar-refractivity contribution in [3.05, 3.63) is 0 Å². The van der Waals surface area contributed by atoms with Crippen molar-refractivity contribution in [2.24, 2.45) is 5.41 Å². The Morgan fingerprint density at radius 1 is 0.326 bits per heavy atom. The minimum atomic E-state index is 0. The molecule has 0 aromatic rings. The van der Waals surface area contributed by atoms with E-state index in [9.17, 15) is 43.2 Å². The average molecular weight is 1310 g/mol. The first-order valence-electron chi connectivity index (χ1n) is 34.3. The molecule has 9 aliphatic heterocycles. The lowest BCUT2D eigenvalue weighted by Gasteiger charge is -2.35. The van der Waals surface area contributed by atoms with Crippen LogP contribution in [-0.2, 0) is 43.1 Å². The molecule has 0 radical (unpaired) electrons. The zero-order chi connectivity index (χ0) is 68.3. The van der Waals surface area contributed by atoms with Crippen LogP contribution in [0.3, 0.4) is 0 Å². The number of hydrogen-bond acceptors (Lipinski definition) is 10. The van der Waals surface area contributed by atoms with Crippen molar-refractivity contribution in [2.75, 3.05) is 79.2 Å². The number of amides is 10. The summed E-state index contributed by atoms with van der Waals surface area (Å²) in [6.45, 7) is 54.8. The van der Waals surface area contributed by atoms with Crippen molar-refractivity contribution in [2.45, 2.75) is 331 Å². The number of hydrogen-bond donors (Lipinski definition) is 0. The van der Waals surface area contributed by atoms with E-state index in [0.29, 0.717) is 109 Å². The first kappa shape index (κ1) is 91.2. The molecule has 92 heavy (non-hydrogen) atoms. The van der Waals surface area contributed by atoms with Gasteiger partial charge in [-0.15, -0.1) is 0 Å². The average Bonchev–Trinajstić information content (AvgIpc) is 1.69. The zero-order valence-electron chi connectivity index (χ0n) is 60.6. The van der Waals surface area contributed by atoms with Crippen molar-refractivity contribution in [1.29, 1.82) is 0 Å². The summed E-state index contributed by atoms with van der Waals surface area (Å²) in [6.07, 6.45) is 14.0. The van der Waals surface area contributed by atoms with E-state index in [2.05, 4.69) is 125 Å². The fraction of sp³-hybridized carbons (Fsp3) is 0.875. The van der Waals surface area contributed by atoms with Gasteiger partial charge < -0.3 is 53.7 Å². The first-order valence-corrected chi connectivity index (χ1v) is 34.3. The Kier molecular flexibility index (Phi) is 44.2. The largest absolute Gasteiger partial charge is 0.370 e. The fourth-order valence-electron chi connectivity index (χ4n) is 12.2. The Hall–Kier alpha value is -5.01. The minimum absolute atomic E-state index is 0. The first-order chi connectivity index (χ1) is 41.3. The van der Waals surface area contributed by atoms with Crippen molar-refractivity contribution < 1.29 is 47.9 Å². The molecule has 0 aromatic carbocycles. The molecular formula is C72H142N10O10. The highest BCUT2D eigenvalue weighted by Gasteiger charge is 2.39. The van der Waals surface area contributed by atoms with E-state index in [4.69, 9.17) is 4.74 Å². The standard InChI is InChI=1S/2C9H17NO.2C8H15NO.C7H14N2O.C7H13NO2.3C7H13NO.3CH4/c1-7(2)10-6-9(3,4)5-8(10)11;1-7(2)10-8(11)5-6-9(10,3)4;2*1-7(2)9-6-4-3-5-8(9)10;1-6(2)9-5-4-8(3)7(9)10;1-6(2)8-3-4-10-5-7(8)9;3*1-6(2)8-5-3-4-7(8)9;;;/h2*7H,5-6H2,1-4H3;2*7H,3-6H2,1-2H3;6H,4-5H2,1-3H3;6H,3-5H2,1-2H3;3*6H,3-5H2,1-2H3;3*1H4. The smallest absolute Gasteiger partial charge is 0.320 e. The normalized spacial score (nSPS) is 20.2. The van der Waals surface area contributed by atoms with Crippen molar-refractivity contribution in [1.82, 2.24) is 49.0 Å². The number of rotatable bonds is 9. The molecule has 0 aliphatic carbocycles. The minimum Gasteiger partial charge on any atom is -0.370 e. The second kappa shape index (κ2) is 44.6. The van der Waals surface area contributed by atoms with E-state index in [0.717, 1.165) is 136 Å². The molecule has 9 fully saturated rings. The van der Waals surface area contributed by atoms with Gasteiger partial charge in [-0.3, -0.25) is 38.4 Å². The van der Waals surface area contributed by atoms with Crippen LogP contribution in [0.15, 0.2) is 0 Å². The summed E-state index contributed by atoms with van der Waals surface area (Å²) in [5.41, 5.74) is 0.284. The lowest BCUT2D eigenvalue weighted by atomic mass is 9.93. The highest BCUT2D eigenvalue weighted by molar-refractivity contribution is 5.82. The number of ether oxygens (including phenoxy) is 1. The van der Waals surface area contributed by atoms with Gasteiger partial charge in [0.25, 0.3) is 0 Å². The third kappa shape index (κ3) is 31.9. The Morgan fingerprint density at radius 3 is 0.815 bits per heavy atom. The van der Waals surface area contributed by atoms with E-state index >= 15 is 0 Å². The quantitative estimate of drug-likeness (QED) is 0.214. The Balaban J connectivity index is -0.000000965. The molecule has 540 valence electrons. The molecule has 0 saturated carbocycles. The second-order valence-electron chi connectivity index (χ2n) is 29.0. The molecule has 0 aromatic heterocycles. The molecule has 20 heteroatoms. The second-order valence-corrected chi connectivity index (χ2v) is 29.0. The van der Waals surface area contributed by atoms with Gasteiger partial charge in [-0.1, -0.05) is 36.1 Å². The lowest BCUT2D eigenvalue weighted by Crippen LogP contribution is -2.45. The number of likely N-dealkylation sites (tertiary alicyclic amines) is 7. The highest BCUT2D eigenvalue weighted by atomic mass is 16.5. The van der Waals surface area contributed by atoms with Crippen molar-refractivity contribution >= 4 is 53.3 Å². The lowest BCUT2D eigenvalue weighted by molar-refractivity contribution is -0.144. The molecule has 0 N–H and O–H groups in total. The van der Waals surface area contributed by atoms with Gasteiger partial charge in [-0.25, -0.2) is 4.79 Å². The molecule has 20 nitrogen and oxygen atoms in total. The summed E-state index contributed by atoms with van der Waals surface area (Å²) in [4.78, 5) is 119. The highest BCUT2D eigenvalue weighted by Crippen LogP contribution is 2.32. The van der Waals surface area contributed by atoms with E-state index in [-0.39, 0.29) is 51.8 Å². The number of carbonyl (C=O) groups is 9. The third-order valence-corrected chi connectivity index (χ3v) is 17.2. The summed E-state index contributed by atoms with van der Waals surface area (Å²) >= 11 is 0. The van der Waals surface area contributed by atoms with Crippen LogP contribution >= 0.6 is 0 Å². The van der Waals surface area contributed by atoms with E-state index in [1.54, 1.807) is 4.90 Å². The van der Waals surface area contributed by atoms with Gasteiger partial charge in [0.05, 0.1) is 6.61 Å². The maximum Gasteiger partial charge on any atom is 0.320 e. The topological polar surface area (TPSA) is 195 Å². The predicted molar refractivity (Wildman–Crippen MR) is 378 cm³/mol.